The van der Waals surface area contributed by atoms with Crippen molar-refractivity contribution >= 4 is 17.7 Å². The molecular weight excluding hydrogens is 194 g/mol. The van der Waals surface area contributed by atoms with Gasteiger partial charge < -0.3 is 10.6 Å². The summed E-state index contributed by atoms with van der Waals surface area (Å²) in [4.78, 5) is 4.11. The van der Waals surface area contributed by atoms with Gasteiger partial charge in [0.1, 0.15) is 0 Å². The van der Waals surface area contributed by atoms with E-state index in [2.05, 4.69) is 29.1 Å². The Bertz CT molecular complexity index is 169. The van der Waals surface area contributed by atoms with Crippen LogP contribution in [0.4, 0.5) is 0 Å². The van der Waals surface area contributed by atoms with Crippen LogP contribution in [0.3, 0.4) is 0 Å². The van der Waals surface area contributed by atoms with Gasteiger partial charge in [-0.15, -0.1) is 6.58 Å². The molecule has 0 aromatic heterocycles. The van der Waals surface area contributed by atoms with E-state index in [1.807, 2.05) is 17.8 Å². The Hall–Kier alpha value is -0.640. The number of aliphatic imine (C=N–C) groups is 1. The number of nitrogens with zero attached hydrogens (tertiary/aromatic N) is 1. The van der Waals surface area contributed by atoms with Gasteiger partial charge in [-0.3, -0.25) is 4.99 Å². The summed E-state index contributed by atoms with van der Waals surface area (Å²) in [6.07, 6.45) is 3.04. The molecule has 0 saturated carbocycles. The van der Waals surface area contributed by atoms with Crippen molar-refractivity contribution in [3.05, 3.63) is 12.7 Å². The van der Waals surface area contributed by atoms with Gasteiger partial charge in [0.25, 0.3) is 0 Å². The summed E-state index contributed by atoms with van der Waals surface area (Å²) in [5.41, 5.74) is 0. The molecule has 4 heteroatoms. The monoisotopic (exact) mass is 215 g/mol. The zero-order valence-electron chi connectivity index (χ0n) is 9.18. The molecule has 0 fully saturated rings. The van der Waals surface area contributed by atoms with Crippen molar-refractivity contribution < 1.29 is 0 Å². The van der Waals surface area contributed by atoms with Crippen LogP contribution in [0.5, 0.6) is 0 Å². The summed E-state index contributed by atoms with van der Waals surface area (Å²) in [7, 11) is 1.79. The fourth-order valence-corrected chi connectivity index (χ4v) is 1.45. The minimum Gasteiger partial charge on any atom is -0.356 e. The Morgan fingerprint density at radius 2 is 2.14 bits per heavy atom. The first kappa shape index (κ1) is 13.4. The van der Waals surface area contributed by atoms with E-state index < -0.39 is 0 Å². The van der Waals surface area contributed by atoms with E-state index in [1.54, 1.807) is 7.05 Å². The highest BCUT2D eigenvalue weighted by atomic mass is 32.2. The number of rotatable bonds is 7. The lowest BCUT2D eigenvalue weighted by Gasteiger charge is -2.10. The van der Waals surface area contributed by atoms with Gasteiger partial charge in [0, 0.05) is 31.6 Å². The van der Waals surface area contributed by atoms with Gasteiger partial charge in [-0.25, -0.2) is 0 Å². The van der Waals surface area contributed by atoms with E-state index in [0.717, 1.165) is 37.0 Å². The third-order valence-corrected chi connectivity index (χ3v) is 2.50. The zero-order chi connectivity index (χ0) is 10.6. The Morgan fingerprint density at radius 3 is 2.71 bits per heavy atom. The highest BCUT2D eigenvalue weighted by molar-refractivity contribution is 7.99. The Morgan fingerprint density at radius 1 is 1.43 bits per heavy atom. The summed E-state index contributed by atoms with van der Waals surface area (Å²) < 4.78 is 0. The standard InChI is InChI=1S/C10H21N3S/c1-4-6-12-10(11-3)13-7-9-14-8-5-2/h5H,2,4,6-9H2,1,3H3,(H2,11,12,13). The summed E-state index contributed by atoms with van der Waals surface area (Å²) >= 11 is 1.87. The van der Waals surface area contributed by atoms with Gasteiger partial charge in [-0.1, -0.05) is 13.0 Å². The van der Waals surface area contributed by atoms with Crippen molar-refractivity contribution in [3.63, 3.8) is 0 Å². The highest BCUT2D eigenvalue weighted by Gasteiger charge is 1.93. The molecule has 0 bridgehead atoms. The average Bonchev–Trinajstić information content (AvgIpc) is 2.22. The lowest BCUT2D eigenvalue weighted by molar-refractivity contribution is 0.796. The molecular formula is C10H21N3S. The maximum Gasteiger partial charge on any atom is 0.191 e. The van der Waals surface area contributed by atoms with Crippen molar-refractivity contribution in [2.45, 2.75) is 13.3 Å². The molecule has 0 heterocycles. The molecule has 0 aliphatic rings. The van der Waals surface area contributed by atoms with Crippen LogP contribution in [0.15, 0.2) is 17.6 Å². The van der Waals surface area contributed by atoms with E-state index >= 15 is 0 Å². The molecule has 14 heavy (non-hydrogen) atoms. The van der Waals surface area contributed by atoms with Crippen LogP contribution in [-0.2, 0) is 0 Å². The second-order valence-electron chi connectivity index (χ2n) is 2.79. The van der Waals surface area contributed by atoms with Crippen molar-refractivity contribution in [1.82, 2.24) is 10.6 Å². The zero-order valence-corrected chi connectivity index (χ0v) is 9.99. The lowest BCUT2D eigenvalue weighted by Crippen LogP contribution is -2.38. The van der Waals surface area contributed by atoms with Crippen molar-refractivity contribution in [2.75, 3.05) is 31.6 Å². The number of guanidine groups is 1. The SMILES string of the molecule is C=CCSCCNC(=NC)NCCC. The third kappa shape index (κ3) is 7.98. The predicted octanol–water partition coefficient (Wildman–Crippen LogP) is 1.48. The van der Waals surface area contributed by atoms with Crippen LogP contribution in [0.2, 0.25) is 0 Å². The third-order valence-electron chi connectivity index (χ3n) is 1.54. The molecule has 0 aliphatic carbocycles. The van der Waals surface area contributed by atoms with Crippen molar-refractivity contribution in [1.29, 1.82) is 0 Å². The molecule has 0 aromatic carbocycles. The largest absolute Gasteiger partial charge is 0.356 e. The van der Waals surface area contributed by atoms with Gasteiger partial charge in [0.2, 0.25) is 0 Å². The average molecular weight is 215 g/mol. The molecule has 3 nitrogen and oxygen atoms in total. The van der Waals surface area contributed by atoms with Crippen LogP contribution < -0.4 is 10.6 Å². The van der Waals surface area contributed by atoms with Crippen LogP contribution in [0, 0.1) is 0 Å². The minimum absolute atomic E-state index is 0.894. The topological polar surface area (TPSA) is 36.4 Å². The van der Waals surface area contributed by atoms with Crippen LogP contribution >= 0.6 is 11.8 Å². The molecule has 0 aliphatic heterocycles. The Balaban J connectivity index is 3.38. The number of thioether (sulfide) groups is 1. The fourth-order valence-electron chi connectivity index (χ4n) is 0.872. The van der Waals surface area contributed by atoms with Gasteiger partial charge in [0.15, 0.2) is 5.96 Å². The first-order valence-electron chi connectivity index (χ1n) is 4.98. The number of hydrogen-bond acceptors (Lipinski definition) is 2. The van der Waals surface area contributed by atoms with Gasteiger partial charge in [0.05, 0.1) is 0 Å². The van der Waals surface area contributed by atoms with E-state index in [4.69, 9.17) is 0 Å². The number of hydrogen-bond donors (Lipinski definition) is 2. The van der Waals surface area contributed by atoms with E-state index in [1.165, 1.54) is 0 Å². The van der Waals surface area contributed by atoms with Crippen molar-refractivity contribution in [2.24, 2.45) is 4.99 Å². The van der Waals surface area contributed by atoms with Crippen molar-refractivity contribution in [3.8, 4) is 0 Å². The molecule has 0 saturated heterocycles. The predicted molar refractivity (Wildman–Crippen MR) is 67.2 cm³/mol. The Kier molecular flexibility index (Phi) is 9.96. The quantitative estimate of drug-likeness (QED) is 0.292. The van der Waals surface area contributed by atoms with Crippen LogP contribution in [0.1, 0.15) is 13.3 Å². The second-order valence-corrected chi connectivity index (χ2v) is 3.94. The first-order chi connectivity index (χ1) is 6.85. The maximum atomic E-state index is 4.11. The van der Waals surface area contributed by atoms with E-state index in [0.29, 0.717) is 0 Å². The molecule has 0 amide bonds. The van der Waals surface area contributed by atoms with Crippen LogP contribution in [0.25, 0.3) is 0 Å². The summed E-state index contributed by atoms with van der Waals surface area (Å²) in [5.74, 6) is 2.99. The molecule has 2 N–H and O–H groups in total. The molecule has 0 spiro atoms. The first-order valence-corrected chi connectivity index (χ1v) is 6.13. The fraction of sp³-hybridized carbons (Fsp3) is 0.700. The Labute approximate surface area is 91.5 Å². The maximum absolute atomic E-state index is 4.11. The molecule has 0 atom stereocenters. The normalized spacial score (nSPS) is 11.1. The van der Waals surface area contributed by atoms with Gasteiger partial charge in [-0.05, 0) is 6.42 Å². The summed E-state index contributed by atoms with van der Waals surface area (Å²) in [6, 6.07) is 0. The number of nitrogens with one attached hydrogen (secondary N) is 2. The van der Waals surface area contributed by atoms with Gasteiger partial charge in [-0.2, -0.15) is 11.8 Å². The molecule has 0 aromatic rings. The molecule has 0 unspecified atom stereocenters. The van der Waals surface area contributed by atoms with Crippen LogP contribution in [-0.4, -0.2) is 37.6 Å². The molecule has 0 radical (unpaired) electrons. The smallest absolute Gasteiger partial charge is 0.191 e. The van der Waals surface area contributed by atoms with E-state index in [-0.39, 0.29) is 0 Å². The van der Waals surface area contributed by atoms with Gasteiger partial charge >= 0.3 is 0 Å². The molecule has 0 rings (SSSR count). The highest BCUT2D eigenvalue weighted by Crippen LogP contribution is 1.96. The molecule has 82 valence electrons. The summed E-state index contributed by atoms with van der Waals surface area (Å²) in [6.45, 7) is 7.73. The second kappa shape index (κ2) is 10.4. The lowest BCUT2D eigenvalue weighted by atomic mass is 10.5. The minimum atomic E-state index is 0.894. The van der Waals surface area contributed by atoms with E-state index in [9.17, 15) is 0 Å². The summed E-state index contributed by atoms with van der Waals surface area (Å²) in [5, 5.41) is 6.47.